The van der Waals surface area contributed by atoms with Crippen molar-refractivity contribution in [3.8, 4) is 0 Å². The Morgan fingerprint density at radius 3 is 3.00 bits per heavy atom. The van der Waals surface area contributed by atoms with Crippen molar-refractivity contribution in [3.63, 3.8) is 0 Å². The molecule has 0 N–H and O–H groups in total. The molecule has 0 atom stereocenters. The van der Waals surface area contributed by atoms with E-state index in [9.17, 15) is 9.59 Å². The molecule has 0 bridgehead atoms. The number of hydrogen-bond donors (Lipinski definition) is 0. The number of esters is 1. The second kappa shape index (κ2) is 5.41. The third-order valence-electron chi connectivity index (χ3n) is 2.75. The first kappa shape index (κ1) is 13.4. The number of furan rings is 1. The molecule has 7 heteroatoms. The lowest BCUT2D eigenvalue weighted by molar-refractivity contribution is 0.0431. The minimum absolute atomic E-state index is 0.0966. The molecule has 21 heavy (non-hydrogen) atoms. The topological polar surface area (TPSA) is 73.8 Å². The fraction of sp³-hybridized carbons (Fsp3) is 0.0714. The van der Waals surface area contributed by atoms with Crippen LogP contribution in [0, 0.1) is 0 Å². The van der Waals surface area contributed by atoms with E-state index in [4.69, 9.17) is 20.8 Å². The summed E-state index contributed by atoms with van der Waals surface area (Å²) in [5.74, 6) is -0.516. The molecule has 0 saturated heterocycles. The highest BCUT2D eigenvalue weighted by atomic mass is 35.5. The van der Waals surface area contributed by atoms with Crippen molar-refractivity contribution in [1.82, 2.24) is 9.38 Å². The Hall–Kier alpha value is -2.60. The molecule has 0 spiro atoms. The Morgan fingerprint density at radius 2 is 2.24 bits per heavy atom. The van der Waals surface area contributed by atoms with E-state index in [1.807, 2.05) is 0 Å². The lowest BCUT2D eigenvalue weighted by atomic mass is 10.4. The van der Waals surface area contributed by atoms with E-state index in [1.54, 1.807) is 18.2 Å². The maximum absolute atomic E-state index is 11.9. The number of carbonyl (C=O) groups is 1. The smallest absolute Gasteiger partial charge is 0.374 e. The van der Waals surface area contributed by atoms with Crippen LogP contribution in [-0.4, -0.2) is 15.4 Å². The van der Waals surface area contributed by atoms with Crippen molar-refractivity contribution in [1.29, 1.82) is 0 Å². The Labute approximate surface area is 123 Å². The number of carbonyl (C=O) groups excluding carboxylic acids is 1. The normalized spacial score (nSPS) is 10.7. The van der Waals surface area contributed by atoms with Gasteiger partial charge in [0.05, 0.1) is 17.0 Å². The number of rotatable bonds is 3. The van der Waals surface area contributed by atoms with E-state index in [0.717, 1.165) is 0 Å². The van der Waals surface area contributed by atoms with E-state index in [2.05, 4.69) is 4.98 Å². The van der Waals surface area contributed by atoms with Gasteiger partial charge in [-0.25, -0.2) is 9.78 Å². The van der Waals surface area contributed by atoms with Gasteiger partial charge >= 0.3 is 5.97 Å². The molecule has 3 aromatic rings. The summed E-state index contributed by atoms with van der Waals surface area (Å²) in [6, 6.07) is 7.61. The first-order valence-corrected chi connectivity index (χ1v) is 6.40. The van der Waals surface area contributed by atoms with Crippen molar-refractivity contribution in [2.45, 2.75) is 6.61 Å². The fourth-order valence-electron chi connectivity index (χ4n) is 1.81. The van der Waals surface area contributed by atoms with Gasteiger partial charge in [-0.1, -0.05) is 11.6 Å². The predicted molar refractivity (Wildman–Crippen MR) is 74.3 cm³/mol. The molecule has 0 aliphatic rings. The largest absolute Gasteiger partial charge is 0.457 e. The van der Waals surface area contributed by atoms with Crippen molar-refractivity contribution >= 4 is 23.2 Å². The van der Waals surface area contributed by atoms with Gasteiger partial charge in [0, 0.05) is 12.3 Å². The van der Waals surface area contributed by atoms with Crippen LogP contribution in [0.15, 0.2) is 52.0 Å². The van der Waals surface area contributed by atoms with Gasteiger partial charge in [-0.05, 0) is 24.3 Å². The summed E-state index contributed by atoms with van der Waals surface area (Å²) in [4.78, 5) is 27.8. The molecule has 0 unspecified atom stereocenters. The maximum Gasteiger partial charge on any atom is 0.374 e. The van der Waals surface area contributed by atoms with E-state index in [1.165, 1.54) is 29.0 Å². The SMILES string of the molecule is O=C(OCc1cc(=O)n2cc(Cl)ccc2n1)c1ccco1. The molecule has 0 aliphatic heterocycles. The summed E-state index contributed by atoms with van der Waals surface area (Å²) in [6.45, 7) is -0.117. The third-order valence-corrected chi connectivity index (χ3v) is 2.97. The number of hydrogen-bond acceptors (Lipinski definition) is 5. The standard InChI is InChI=1S/C14H9ClN2O4/c15-9-3-4-12-16-10(6-13(18)17(12)7-9)8-21-14(19)11-2-1-5-20-11/h1-7H,8H2. The molecule has 0 aromatic carbocycles. The average molecular weight is 305 g/mol. The molecule has 0 saturated carbocycles. The van der Waals surface area contributed by atoms with Gasteiger partial charge in [0.25, 0.3) is 5.56 Å². The number of fused-ring (bicyclic) bond motifs is 1. The number of aromatic nitrogens is 2. The Morgan fingerprint density at radius 1 is 1.38 bits per heavy atom. The average Bonchev–Trinajstić information content (AvgIpc) is 3.00. The van der Waals surface area contributed by atoms with Crippen LogP contribution in [0.4, 0.5) is 0 Å². The number of nitrogens with zero attached hydrogens (tertiary/aromatic N) is 2. The first-order valence-electron chi connectivity index (χ1n) is 6.02. The Balaban J connectivity index is 1.83. The molecule has 6 nitrogen and oxygen atoms in total. The summed E-state index contributed by atoms with van der Waals surface area (Å²) in [5.41, 5.74) is 0.477. The summed E-state index contributed by atoms with van der Waals surface area (Å²) >= 11 is 5.82. The summed E-state index contributed by atoms with van der Waals surface area (Å²) in [6.07, 6.45) is 2.85. The molecular weight excluding hydrogens is 296 g/mol. The van der Waals surface area contributed by atoms with E-state index >= 15 is 0 Å². The van der Waals surface area contributed by atoms with E-state index in [0.29, 0.717) is 16.4 Å². The zero-order chi connectivity index (χ0) is 14.8. The lowest BCUT2D eigenvalue weighted by Gasteiger charge is -2.05. The van der Waals surface area contributed by atoms with Gasteiger partial charge in [-0.2, -0.15) is 0 Å². The number of halogens is 1. The van der Waals surface area contributed by atoms with Crippen molar-refractivity contribution in [2.24, 2.45) is 0 Å². The molecule has 106 valence electrons. The Kier molecular flexibility index (Phi) is 3.45. The number of ether oxygens (including phenoxy) is 1. The molecule has 0 fully saturated rings. The fourth-order valence-corrected chi connectivity index (χ4v) is 1.97. The van der Waals surface area contributed by atoms with E-state index < -0.39 is 5.97 Å². The molecule has 3 rings (SSSR count). The van der Waals surface area contributed by atoms with Gasteiger partial charge in [-0.3, -0.25) is 9.20 Å². The highest BCUT2D eigenvalue weighted by Gasteiger charge is 2.11. The minimum atomic E-state index is -0.613. The first-order chi connectivity index (χ1) is 10.1. The third kappa shape index (κ3) is 2.80. The van der Waals surface area contributed by atoms with Gasteiger partial charge in [0.2, 0.25) is 5.76 Å². The molecule has 3 aromatic heterocycles. The molecular formula is C14H9ClN2O4. The van der Waals surface area contributed by atoms with E-state index in [-0.39, 0.29) is 17.9 Å². The summed E-state index contributed by atoms with van der Waals surface area (Å²) in [5, 5.41) is 0.434. The molecule has 0 radical (unpaired) electrons. The van der Waals surface area contributed by atoms with Crippen LogP contribution < -0.4 is 5.56 Å². The van der Waals surface area contributed by atoms with Crippen LogP contribution in [0.2, 0.25) is 5.02 Å². The predicted octanol–water partition coefficient (Wildman–Crippen LogP) is 2.30. The minimum Gasteiger partial charge on any atom is -0.457 e. The van der Waals surface area contributed by atoms with Gasteiger partial charge < -0.3 is 9.15 Å². The van der Waals surface area contributed by atoms with Crippen LogP contribution in [0.5, 0.6) is 0 Å². The van der Waals surface area contributed by atoms with Crippen LogP contribution >= 0.6 is 11.6 Å². The van der Waals surface area contributed by atoms with Crippen molar-refractivity contribution < 1.29 is 13.9 Å². The van der Waals surface area contributed by atoms with Crippen LogP contribution in [0.1, 0.15) is 16.2 Å². The van der Waals surface area contributed by atoms with Crippen LogP contribution in [-0.2, 0) is 11.3 Å². The molecule has 3 heterocycles. The van der Waals surface area contributed by atoms with Crippen molar-refractivity contribution in [2.75, 3.05) is 0 Å². The summed E-state index contributed by atoms with van der Waals surface area (Å²) < 4.78 is 11.3. The van der Waals surface area contributed by atoms with Crippen molar-refractivity contribution in [3.05, 3.63) is 69.6 Å². The van der Waals surface area contributed by atoms with Gasteiger partial charge in [-0.15, -0.1) is 0 Å². The lowest BCUT2D eigenvalue weighted by Crippen LogP contribution is -2.16. The summed E-state index contributed by atoms with van der Waals surface area (Å²) in [7, 11) is 0. The van der Waals surface area contributed by atoms with Gasteiger partial charge in [0.15, 0.2) is 0 Å². The monoisotopic (exact) mass is 304 g/mol. The number of pyridine rings is 1. The zero-order valence-corrected chi connectivity index (χ0v) is 11.4. The quantitative estimate of drug-likeness (QED) is 0.694. The molecule has 0 aliphatic carbocycles. The molecule has 0 amide bonds. The van der Waals surface area contributed by atoms with Crippen LogP contribution in [0.3, 0.4) is 0 Å². The van der Waals surface area contributed by atoms with Gasteiger partial charge in [0.1, 0.15) is 12.3 Å². The second-order valence-electron chi connectivity index (χ2n) is 4.21. The van der Waals surface area contributed by atoms with Crippen LogP contribution in [0.25, 0.3) is 5.65 Å². The maximum atomic E-state index is 11.9. The highest BCUT2D eigenvalue weighted by Crippen LogP contribution is 2.09. The Bertz CT molecular complexity index is 855. The highest BCUT2D eigenvalue weighted by molar-refractivity contribution is 6.30. The second-order valence-corrected chi connectivity index (χ2v) is 4.65. The zero-order valence-electron chi connectivity index (χ0n) is 10.7.